The summed E-state index contributed by atoms with van der Waals surface area (Å²) in [6, 6.07) is 5.32. The third-order valence-electron chi connectivity index (χ3n) is 1.83. The largest absolute Gasteiger partial charge is 0.441 e. The molecule has 14 heavy (non-hydrogen) atoms. The molecule has 2 rings (SSSR count). The molecule has 0 radical (unpaired) electrons. The first-order valence-corrected chi connectivity index (χ1v) is 4.81. The molecule has 4 heteroatoms. The van der Waals surface area contributed by atoms with Crippen molar-refractivity contribution in [2.45, 2.75) is 6.92 Å². The number of hydrogen-bond acceptors (Lipinski definition) is 2. The van der Waals surface area contributed by atoms with Gasteiger partial charge in [-0.05, 0) is 12.1 Å². The van der Waals surface area contributed by atoms with Gasteiger partial charge in [0, 0.05) is 6.92 Å². The molecule has 0 bridgehead atoms. The van der Waals surface area contributed by atoms with Crippen LogP contribution in [0.2, 0.25) is 10.0 Å². The van der Waals surface area contributed by atoms with Crippen molar-refractivity contribution in [1.82, 2.24) is 4.98 Å². The molecule has 2 aromatic rings. The van der Waals surface area contributed by atoms with Crippen molar-refractivity contribution in [3.63, 3.8) is 0 Å². The van der Waals surface area contributed by atoms with Gasteiger partial charge in [0.2, 0.25) is 0 Å². The van der Waals surface area contributed by atoms with Crippen LogP contribution in [0.5, 0.6) is 0 Å². The molecule has 0 saturated heterocycles. The summed E-state index contributed by atoms with van der Waals surface area (Å²) < 4.78 is 5.35. The molecule has 0 atom stereocenters. The van der Waals surface area contributed by atoms with Crippen molar-refractivity contribution in [3.8, 4) is 11.3 Å². The van der Waals surface area contributed by atoms with Crippen LogP contribution in [0.1, 0.15) is 5.89 Å². The Labute approximate surface area is 91.5 Å². The van der Waals surface area contributed by atoms with Gasteiger partial charge in [-0.3, -0.25) is 0 Å². The zero-order valence-corrected chi connectivity index (χ0v) is 8.93. The van der Waals surface area contributed by atoms with E-state index in [1.807, 2.05) is 0 Å². The smallest absolute Gasteiger partial charge is 0.191 e. The van der Waals surface area contributed by atoms with Crippen molar-refractivity contribution in [1.29, 1.82) is 0 Å². The highest BCUT2D eigenvalue weighted by molar-refractivity contribution is 6.39. The average Bonchev–Trinajstić information content (AvgIpc) is 2.51. The SMILES string of the molecule is Cc1ncc(-c2c(Cl)cccc2Cl)o1. The molecule has 0 aliphatic carbocycles. The van der Waals surface area contributed by atoms with Gasteiger partial charge >= 0.3 is 0 Å². The fourth-order valence-electron chi connectivity index (χ4n) is 1.21. The van der Waals surface area contributed by atoms with Crippen LogP contribution in [0.4, 0.5) is 0 Å². The monoisotopic (exact) mass is 227 g/mol. The minimum Gasteiger partial charge on any atom is -0.441 e. The van der Waals surface area contributed by atoms with Crippen molar-refractivity contribution < 1.29 is 4.42 Å². The van der Waals surface area contributed by atoms with E-state index in [0.717, 1.165) is 0 Å². The third-order valence-corrected chi connectivity index (χ3v) is 2.46. The lowest BCUT2D eigenvalue weighted by atomic mass is 10.2. The summed E-state index contributed by atoms with van der Waals surface area (Å²) in [6.07, 6.45) is 1.61. The van der Waals surface area contributed by atoms with Crippen LogP contribution in [-0.4, -0.2) is 4.98 Å². The van der Waals surface area contributed by atoms with E-state index >= 15 is 0 Å². The summed E-state index contributed by atoms with van der Waals surface area (Å²) >= 11 is 12.0. The molecule has 72 valence electrons. The Bertz CT molecular complexity index is 445. The van der Waals surface area contributed by atoms with Crippen LogP contribution >= 0.6 is 23.2 Å². The predicted molar refractivity (Wildman–Crippen MR) is 56.7 cm³/mol. The molecule has 1 aromatic heterocycles. The number of aryl methyl sites for hydroxylation is 1. The normalized spacial score (nSPS) is 10.5. The fourth-order valence-corrected chi connectivity index (χ4v) is 1.79. The maximum Gasteiger partial charge on any atom is 0.191 e. The van der Waals surface area contributed by atoms with Crippen LogP contribution in [0.25, 0.3) is 11.3 Å². The van der Waals surface area contributed by atoms with Crippen molar-refractivity contribution >= 4 is 23.2 Å². The summed E-state index contributed by atoms with van der Waals surface area (Å²) in [6.45, 7) is 1.77. The van der Waals surface area contributed by atoms with Gasteiger partial charge in [0.15, 0.2) is 11.7 Å². The molecule has 0 N–H and O–H groups in total. The maximum atomic E-state index is 6.00. The van der Waals surface area contributed by atoms with Gasteiger partial charge < -0.3 is 4.42 Å². The van der Waals surface area contributed by atoms with Gasteiger partial charge in [0.1, 0.15) is 0 Å². The molecule has 0 unspecified atom stereocenters. The lowest BCUT2D eigenvalue weighted by Gasteiger charge is -2.01. The lowest BCUT2D eigenvalue weighted by Crippen LogP contribution is -1.77. The minimum absolute atomic E-state index is 0.564. The number of halogens is 2. The Hall–Kier alpha value is -0.990. The van der Waals surface area contributed by atoms with Crippen LogP contribution < -0.4 is 0 Å². The standard InChI is InChI=1S/C10H7Cl2NO/c1-6-13-5-9(14-6)10-7(11)3-2-4-8(10)12/h2-5H,1H3. The summed E-state index contributed by atoms with van der Waals surface area (Å²) in [5.74, 6) is 1.19. The molecule has 0 amide bonds. The molecular formula is C10H7Cl2NO. The fraction of sp³-hybridized carbons (Fsp3) is 0.100. The van der Waals surface area contributed by atoms with Crippen LogP contribution in [0.3, 0.4) is 0 Å². The maximum absolute atomic E-state index is 6.00. The summed E-state index contributed by atoms with van der Waals surface area (Å²) in [5, 5.41) is 1.13. The van der Waals surface area contributed by atoms with Crippen molar-refractivity contribution in [3.05, 3.63) is 40.3 Å². The van der Waals surface area contributed by atoms with Gasteiger partial charge in [-0.25, -0.2) is 4.98 Å². The highest BCUT2D eigenvalue weighted by Gasteiger charge is 2.11. The molecule has 2 nitrogen and oxygen atoms in total. The Kier molecular flexibility index (Phi) is 2.48. The Morgan fingerprint density at radius 1 is 1.21 bits per heavy atom. The molecule has 0 aliphatic rings. The molecule has 0 fully saturated rings. The first kappa shape index (κ1) is 9.56. The van der Waals surface area contributed by atoms with Crippen LogP contribution in [0, 0.1) is 6.92 Å². The zero-order valence-electron chi connectivity index (χ0n) is 7.42. The molecule has 0 aliphatic heterocycles. The predicted octanol–water partition coefficient (Wildman–Crippen LogP) is 3.96. The number of hydrogen-bond donors (Lipinski definition) is 0. The Morgan fingerprint density at radius 3 is 2.36 bits per heavy atom. The van der Waals surface area contributed by atoms with Crippen LogP contribution in [0.15, 0.2) is 28.8 Å². The summed E-state index contributed by atoms with van der Waals surface area (Å²) in [5.41, 5.74) is 0.691. The lowest BCUT2D eigenvalue weighted by molar-refractivity contribution is 0.534. The van der Waals surface area contributed by atoms with E-state index in [2.05, 4.69) is 4.98 Å². The third kappa shape index (κ3) is 1.63. The minimum atomic E-state index is 0.564. The Balaban J connectivity index is 2.61. The van der Waals surface area contributed by atoms with Gasteiger partial charge in [0.05, 0.1) is 21.8 Å². The van der Waals surface area contributed by atoms with Gasteiger partial charge in [0.25, 0.3) is 0 Å². The number of aromatic nitrogens is 1. The van der Waals surface area contributed by atoms with E-state index < -0.39 is 0 Å². The van der Waals surface area contributed by atoms with E-state index in [1.165, 1.54) is 0 Å². The average molecular weight is 228 g/mol. The molecular weight excluding hydrogens is 221 g/mol. The number of oxazole rings is 1. The van der Waals surface area contributed by atoms with Gasteiger partial charge in [-0.1, -0.05) is 29.3 Å². The van der Waals surface area contributed by atoms with Crippen molar-refractivity contribution in [2.75, 3.05) is 0 Å². The van der Waals surface area contributed by atoms with Gasteiger partial charge in [-0.15, -0.1) is 0 Å². The second-order valence-electron chi connectivity index (χ2n) is 2.84. The zero-order chi connectivity index (χ0) is 10.1. The highest BCUT2D eigenvalue weighted by atomic mass is 35.5. The number of nitrogens with zero attached hydrogens (tertiary/aromatic N) is 1. The Morgan fingerprint density at radius 2 is 1.86 bits per heavy atom. The molecule has 1 aromatic carbocycles. The quantitative estimate of drug-likeness (QED) is 0.738. The first-order valence-electron chi connectivity index (χ1n) is 4.05. The molecule has 1 heterocycles. The second-order valence-corrected chi connectivity index (χ2v) is 3.65. The van der Waals surface area contributed by atoms with Gasteiger partial charge in [-0.2, -0.15) is 0 Å². The van der Waals surface area contributed by atoms with E-state index in [-0.39, 0.29) is 0 Å². The number of rotatable bonds is 1. The first-order chi connectivity index (χ1) is 6.68. The van der Waals surface area contributed by atoms with E-state index in [0.29, 0.717) is 27.3 Å². The number of benzene rings is 1. The second kappa shape index (κ2) is 3.64. The van der Waals surface area contributed by atoms with E-state index in [9.17, 15) is 0 Å². The van der Waals surface area contributed by atoms with E-state index in [1.54, 1.807) is 31.3 Å². The van der Waals surface area contributed by atoms with E-state index in [4.69, 9.17) is 27.6 Å². The molecule has 0 saturated carbocycles. The summed E-state index contributed by atoms with van der Waals surface area (Å²) in [7, 11) is 0. The molecule has 0 spiro atoms. The van der Waals surface area contributed by atoms with Crippen LogP contribution in [-0.2, 0) is 0 Å². The summed E-state index contributed by atoms with van der Waals surface area (Å²) in [4.78, 5) is 3.99. The van der Waals surface area contributed by atoms with Crippen molar-refractivity contribution in [2.24, 2.45) is 0 Å². The highest BCUT2D eigenvalue weighted by Crippen LogP contribution is 2.34. The topological polar surface area (TPSA) is 26.0 Å².